The Kier molecular flexibility index (Phi) is 3.33. The highest BCUT2D eigenvalue weighted by Gasteiger charge is 2.16. The zero-order chi connectivity index (χ0) is 12.4. The first-order chi connectivity index (χ1) is 8.09. The second kappa shape index (κ2) is 4.75. The van der Waals surface area contributed by atoms with Gasteiger partial charge in [0.05, 0.1) is 13.2 Å². The Balaban J connectivity index is 2.24. The Morgan fingerprint density at radius 3 is 2.29 bits per heavy atom. The molecule has 4 heteroatoms. The van der Waals surface area contributed by atoms with E-state index in [2.05, 4.69) is 0 Å². The molecular weight excluding hydrogens is 216 g/mol. The number of morpholine rings is 1. The maximum Gasteiger partial charge on any atom is 0.128 e. The largest absolute Gasteiger partial charge is 0.507 e. The Bertz CT molecular complexity index is 414. The predicted molar refractivity (Wildman–Crippen MR) is 66.8 cm³/mol. The monoisotopic (exact) mass is 234 g/mol. The molecule has 0 amide bonds. The van der Waals surface area contributed by atoms with E-state index in [0.717, 1.165) is 29.8 Å². The number of nitrogens with one attached hydrogen (secondary N) is 1. The smallest absolute Gasteiger partial charge is 0.128 e. The van der Waals surface area contributed by atoms with Crippen LogP contribution in [-0.4, -0.2) is 42.1 Å². The van der Waals surface area contributed by atoms with Crippen molar-refractivity contribution in [2.45, 2.75) is 13.8 Å². The summed E-state index contributed by atoms with van der Waals surface area (Å²) in [7, 11) is 0. The summed E-state index contributed by atoms with van der Waals surface area (Å²) in [4.78, 5) is 2.01. The molecule has 1 aromatic carbocycles. The van der Waals surface area contributed by atoms with Gasteiger partial charge in [0, 0.05) is 18.7 Å². The summed E-state index contributed by atoms with van der Waals surface area (Å²) >= 11 is 0. The van der Waals surface area contributed by atoms with Crippen LogP contribution in [0.4, 0.5) is 0 Å². The molecule has 17 heavy (non-hydrogen) atoms. The molecule has 0 bridgehead atoms. The lowest BCUT2D eigenvalue weighted by Gasteiger charge is -2.29. The number of amidine groups is 1. The summed E-state index contributed by atoms with van der Waals surface area (Å²) in [6.07, 6.45) is 0. The first kappa shape index (κ1) is 11.9. The molecule has 0 spiro atoms. The van der Waals surface area contributed by atoms with E-state index in [-0.39, 0.29) is 0 Å². The average molecular weight is 234 g/mol. The van der Waals surface area contributed by atoms with Gasteiger partial charge in [0.1, 0.15) is 11.6 Å². The molecule has 0 aliphatic carbocycles. The Morgan fingerprint density at radius 2 is 1.76 bits per heavy atom. The standard InChI is InChI=1S/C13H18N2O2/c1-9-7-11(8-10(2)12(9)16)13(14)15-3-5-17-6-4-15/h7-8,14,16H,3-6H2,1-2H3. The fourth-order valence-electron chi connectivity index (χ4n) is 2.06. The van der Waals surface area contributed by atoms with Gasteiger partial charge in [0.25, 0.3) is 0 Å². The molecule has 0 unspecified atom stereocenters. The zero-order valence-electron chi connectivity index (χ0n) is 10.3. The van der Waals surface area contributed by atoms with Crippen molar-refractivity contribution < 1.29 is 9.84 Å². The van der Waals surface area contributed by atoms with Crippen molar-refractivity contribution in [1.29, 1.82) is 5.41 Å². The van der Waals surface area contributed by atoms with Crippen LogP contribution in [0.25, 0.3) is 0 Å². The molecule has 0 aromatic heterocycles. The van der Waals surface area contributed by atoms with Crippen molar-refractivity contribution in [3.8, 4) is 5.75 Å². The van der Waals surface area contributed by atoms with Crippen LogP contribution in [0, 0.1) is 19.3 Å². The summed E-state index contributed by atoms with van der Waals surface area (Å²) in [5, 5.41) is 17.9. The highest BCUT2D eigenvalue weighted by atomic mass is 16.5. The number of rotatable bonds is 1. The number of hydrogen-bond acceptors (Lipinski definition) is 3. The fraction of sp³-hybridized carbons (Fsp3) is 0.462. The van der Waals surface area contributed by atoms with E-state index in [9.17, 15) is 5.11 Å². The quantitative estimate of drug-likeness (QED) is 0.574. The van der Waals surface area contributed by atoms with Gasteiger partial charge in [-0.1, -0.05) is 0 Å². The maximum absolute atomic E-state index is 9.72. The van der Waals surface area contributed by atoms with E-state index < -0.39 is 0 Å². The minimum atomic E-state index is 0.323. The number of aryl methyl sites for hydroxylation is 2. The van der Waals surface area contributed by atoms with Crippen LogP contribution in [-0.2, 0) is 4.74 Å². The van der Waals surface area contributed by atoms with Gasteiger partial charge < -0.3 is 14.7 Å². The van der Waals surface area contributed by atoms with Gasteiger partial charge in [0.2, 0.25) is 0 Å². The number of benzene rings is 1. The van der Waals surface area contributed by atoms with E-state index in [1.165, 1.54) is 0 Å². The van der Waals surface area contributed by atoms with E-state index in [1.807, 2.05) is 30.9 Å². The summed E-state index contributed by atoms with van der Waals surface area (Å²) in [6.45, 7) is 6.60. The van der Waals surface area contributed by atoms with E-state index >= 15 is 0 Å². The van der Waals surface area contributed by atoms with E-state index in [1.54, 1.807) is 0 Å². The summed E-state index contributed by atoms with van der Waals surface area (Å²) < 4.78 is 5.27. The van der Waals surface area contributed by atoms with Gasteiger partial charge in [-0.25, -0.2) is 0 Å². The van der Waals surface area contributed by atoms with Crippen molar-refractivity contribution in [2.75, 3.05) is 26.3 Å². The van der Waals surface area contributed by atoms with Crippen LogP contribution in [0.5, 0.6) is 5.75 Å². The van der Waals surface area contributed by atoms with Crippen molar-refractivity contribution in [3.05, 3.63) is 28.8 Å². The molecule has 0 atom stereocenters. The van der Waals surface area contributed by atoms with Gasteiger partial charge in [0.15, 0.2) is 0 Å². The molecule has 1 aliphatic rings. The first-order valence-electron chi connectivity index (χ1n) is 5.81. The first-order valence-corrected chi connectivity index (χ1v) is 5.81. The van der Waals surface area contributed by atoms with Crippen LogP contribution in [0.2, 0.25) is 0 Å². The Hall–Kier alpha value is -1.55. The number of ether oxygens (including phenoxy) is 1. The normalized spacial score (nSPS) is 16.0. The number of phenols is 1. The van der Waals surface area contributed by atoms with E-state index in [0.29, 0.717) is 24.8 Å². The third kappa shape index (κ3) is 2.42. The minimum Gasteiger partial charge on any atom is -0.507 e. The van der Waals surface area contributed by atoms with Crippen molar-refractivity contribution in [2.24, 2.45) is 0 Å². The third-order valence-corrected chi connectivity index (χ3v) is 3.09. The fourth-order valence-corrected chi connectivity index (χ4v) is 2.06. The molecule has 1 saturated heterocycles. The van der Waals surface area contributed by atoms with Crippen molar-refractivity contribution in [3.63, 3.8) is 0 Å². The minimum absolute atomic E-state index is 0.323. The molecule has 2 N–H and O–H groups in total. The highest BCUT2D eigenvalue weighted by Crippen LogP contribution is 2.23. The molecule has 4 nitrogen and oxygen atoms in total. The average Bonchev–Trinajstić information content (AvgIpc) is 2.35. The number of hydrogen-bond donors (Lipinski definition) is 2. The van der Waals surface area contributed by atoms with Crippen LogP contribution in [0.1, 0.15) is 16.7 Å². The molecule has 0 radical (unpaired) electrons. The number of nitrogens with zero attached hydrogens (tertiary/aromatic N) is 1. The van der Waals surface area contributed by atoms with Gasteiger partial charge in [-0.05, 0) is 37.1 Å². The third-order valence-electron chi connectivity index (χ3n) is 3.09. The maximum atomic E-state index is 9.72. The zero-order valence-corrected chi connectivity index (χ0v) is 10.3. The molecule has 1 aliphatic heterocycles. The topological polar surface area (TPSA) is 56.6 Å². The molecule has 1 heterocycles. The van der Waals surface area contributed by atoms with Crippen LogP contribution in [0.15, 0.2) is 12.1 Å². The lowest BCUT2D eigenvalue weighted by atomic mass is 10.0. The van der Waals surface area contributed by atoms with E-state index in [4.69, 9.17) is 10.1 Å². The summed E-state index contributed by atoms with van der Waals surface area (Å²) in [5.74, 6) is 0.836. The van der Waals surface area contributed by atoms with Gasteiger partial charge in [-0.3, -0.25) is 5.41 Å². The highest BCUT2D eigenvalue weighted by molar-refractivity contribution is 5.97. The van der Waals surface area contributed by atoms with Crippen LogP contribution in [0.3, 0.4) is 0 Å². The van der Waals surface area contributed by atoms with Gasteiger partial charge in [-0.15, -0.1) is 0 Å². The van der Waals surface area contributed by atoms with Crippen LogP contribution < -0.4 is 0 Å². The molecule has 92 valence electrons. The second-order valence-corrected chi connectivity index (χ2v) is 4.41. The Morgan fingerprint density at radius 1 is 1.24 bits per heavy atom. The Labute approximate surface area is 101 Å². The van der Waals surface area contributed by atoms with Crippen LogP contribution >= 0.6 is 0 Å². The molecule has 0 saturated carbocycles. The summed E-state index contributed by atoms with van der Waals surface area (Å²) in [5.41, 5.74) is 2.50. The summed E-state index contributed by atoms with van der Waals surface area (Å²) in [6, 6.07) is 3.72. The van der Waals surface area contributed by atoms with Gasteiger partial charge in [-0.2, -0.15) is 0 Å². The lowest BCUT2D eigenvalue weighted by Crippen LogP contribution is -2.40. The molecule has 2 rings (SSSR count). The second-order valence-electron chi connectivity index (χ2n) is 4.41. The molecule has 1 fully saturated rings. The van der Waals surface area contributed by atoms with Crippen molar-refractivity contribution >= 4 is 5.84 Å². The van der Waals surface area contributed by atoms with Crippen molar-refractivity contribution in [1.82, 2.24) is 4.90 Å². The van der Waals surface area contributed by atoms with Gasteiger partial charge >= 0.3 is 0 Å². The number of phenolic OH excluding ortho intramolecular Hbond substituents is 1. The molecule has 1 aromatic rings. The SMILES string of the molecule is Cc1cc(C(=N)N2CCOCC2)cc(C)c1O. The predicted octanol–water partition coefficient (Wildman–Crippen LogP) is 1.67. The molecular formula is C13H18N2O2. The lowest BCUT2D eigenvalue weighted by molar-refractivity contribution is 0.0680. The number of aromatic hydroxyl groups is 1.